The van der Waals surface area contributed by atoms with E-state index in [1.807, 2.05) is 12.1 Å². The topological polar surface area (TPSA) is 24.5 Å². The molecule has 0 bridgehead atoms. The lowest BCUT2D eigenvalue weighted by Crippen LogP contribution is -2.50. The molecule has 16 heavy (non-hydrogen) atoms. The van der Waals surface area contributed by atoms with Crippen molar-refractivity contribution in [2.24, 2.45) is 0 Å². The van der Waals surface area contributed by atoms with Crippen LogP contribution in [-0.4, -0.2) is 32.8 Å². The van der Waals surface area contributed by atoms with Gasteiger partial charge in [-0.2, -0.15) is 0 Å². The lowest BCUT2D eigenvalue weighted by molar-refractivity contribution is 0.414. The lowest BCUT2D eigenvalue weighted by atomic mass is 10.1. The Morgan fingerprint density at radius 3 is 2.75 bits per heavy atom. The smallest absolute Gasteiger partial charge is 0.119 e. The van der Waals surface area contributed by atoms with E-state index in [9.17, 15) is 0 Å². The number of ether oxygens (including phenoxy) is 1. The van der Waals surface area contributed by atoms with Gasteiger partial charge in [-0.3, -0.25) is 0 Å². The van der Waals surface area contributed by atoms with E-state index in [-0.39, 0.29) is 0 Å². The fraction of sp³-hybridized carbons (Fsp3) is 0.538. The Balaban J connectivity index is 2.05. The summed E-state index contributed by atoms with van der Waals surface area (Å²) in [5.41, 5.74) is 1.29. The molecule has 1 unspecified atom stereocenters. The summed E-state index contributed by atoms with van der Waals surface area (Å²) in [5.74, 6) is 0.922. The van der Waals surface area contributed by atoms with Crippen molar-refractivity contribution < 1.29 is 4.74 Å². The first-order chi connectivity index (χ1) is 7.83. The summed E-state index contributed by atoms with van der Waals surface area (Å²) in [6.07, 6.45) is 1.19. The molecule has 1 aliphatic rings. The van der Waals surface area contributed by atoms with Crippen LogP contribution in [0.25, 0.3) is 0 Å². The molecule has 2 rings (SSSR count). The largest absolute Gasteiger partial charge is 0.497 e. The van der Waals surface area contributed by atoms with Crippen molar-refractivity contribution >= 4 is 5.69 Å². The molecule has 0 aromatic heterocycles. The summed E-state index contributed by atoms with van der Waals surface area (Å²) in [4.78, 5) is 2.43. The van der Waals surface area contributed by atoms with Crippen molar-refractivity contribution in [3.05, 3.63) is 24.3 Å². The van der Waals surface area contributed by atoms with Gasteiger partial charge in [0.1, 0.15) is 5.75 Å². The highest BCUT2D eigenvalue weighted by Gasteiger charge is 2.17. The van der Waals surface area contributed by atoms with Crippen LogP contribution in [0.4, 0.5) is 5.69 Å². The average molecular weight is 220 g/mol. The summed E-state index contributed by atoms with van der Waals surface area (Å²) >= 11 is 0. The minimum Gasteiger partial charge on any atom is -0.497 e. The van der Waals surface area contributed by atoms with Crippen LogP contribution in [0.2, 0.25) is 0 Å². The molecule has 1 saturated heterocycles. The summed E-state index contributed by atoms with van der Waals surface area (Å²) in [6.45, 7) is 5.49. The number of nitrogens with one attached hydrogen (secondary N) is 1. The quantitative estimate of drug-likeness (QED) is 0.842. The standard InChI is InChI=1S/C13H20N2O/c1-3-11-10-15(9-8-14-11)12-4-6-13(16-2)7-5-12/h4-7,11,14H,3,8-10H2,1-2H3. The molecule has 1 atom stereocenters. The number of piperazine rings is 1. The van der Waals surface area contributed by atoms with E-state index in [4.69, 9.17) is 4.74 Å². The van der Waals surface area contributed by atoms with E-state index in [2.05, 4.69) is 29.3 Å². The van der Waals surface area contributed by atoms with Crippen molar-refractivity contribution in [2.75, 3.05) is 31.6 Å². The van der Waals surface area contributed by atoms with Gasteiger partial charge in [-0.25, -0.2) is 0 Å². The minimum absolute atomic E-state index is 0.621. The van der Waals surface area contributed by atoms with Gasteiger partial charge in [-0.05, 0) is 30.7 Å². The molecular weight excluding hydrogens is 200 g/mol. The molecule has 1 aromatic rings. The third kappa shape index (κ3) is 2.47. The number of hydrogen-bond donors (Lipinski definition) is 1. The van der Waals surface area contributed by atoms with Crippen LogP contribution in [0.1, 0.15) is 13.3 Å². The molecule has 0 radical (unpaired) electrons. The van der Waals surface area contributed by atoms with Crippen molar-refractivity contribution in [3.8, 4) is 5.75 Å². The Kier molecular flexibility index (Phi) is 3.67. The molecule has 0 spiro atoms. The molecule has 1 heterocycles. The molecular formula is C13H20N2O. The molecule has 1 aromatic carbocycles. The molecule has 1 aliphatic heterocycles. The SMILES string of the molecule is CCC1CN(c2ccc(OC)cc2)CCN1. The molecule has 1 fully saturated rings. The van der Waals surface area contributed by atoms with E-state index in [0.717, 1.165) is 25.4 Å². The maximum atomic E-state index is 5.17. The average Bonchev–Trinajstić information content (AvgIpc) is 2.39. The van der Waals surface area contributed by atoms with E-state index in [0.29, 0.717) is 6.04 Å². The first-order valence-electron chi connectivity index (χ1n) is 5.96. The zero-order valence-corrected chi connectivity index (χ0v) is 10.1. The molecule has 1 N–H and O–H groups in total. The van der Waals surface area contributed by atoms with Gasteiger partial charge in [0, 0.05) is 31.4 Å². The Morgan fingerprint density at radius 1 is 1.38 bits per heavy atom. The Hall–Kier alpha value is -1.22. The minimum atomic E-state index is 0.621. The number of methoxy groups -OCH3 is 1. The second-order valence-corrected chi connectivity index (χ2v) is 4.20. The highest BCUT2D eigenvalue weighted by Crippen LogP contribution is 2.20. The zero-order chi connectivity index (χ0) is 11.4. The van der Waals surface area contributed by atoms with Crippen molar-refractivity contribution in [1.29, 1.82) is 0 Å². The number of hydrogen-bond acceptors (Lipinski definition) is 3. The zero-order valence-electron chi connectivity index (χ0n) is 10.1. The van der Waals surface area contributed by atoms with Gasteiger partial charge >= 0.3 is 0 Å². The molecule has 3 heteroatoms. The van der Waals surface area contributed by atoms with E-state index < -0.39 is 0 Å². The predicted octanol–water partition coefficient (Wildman–Crippen LogP) is 1.88. The van der Waals surface area contributed by atoms with Gasteiger partial charge in [-0.15, -0.1) is 0 Å². The number of nitrogens with zero attached hydrogens (tertiary/aromatic N) is 1. The summed E-state index contributed by atoms with van der Waals surface area (Å²) in [6, 6.07) is 8.94. The van der Waals surface area contributed by atoms with Crippen LogP contribution in [0.3, 0.4) is 0 Å². The number of anilines is 1. The first-order valence-corrected chi connectivity index (χ1v) is 5.96. The molecule has 0 amide bonds. The number of benzene rings is 1. The predicted molar refractivity (Wildman–Crippen MR) is 67.3 cm³/mol. The van der Waals surface area contributed by atoms with Crippen LogP contribution in [0.15, 0.2) is 24.3 Å². The van der Waals surface area contributed by atoms with E-state index in [1.165, 1.54) is 12.1 Å². The first kappa shape index (κ1) is 11.3. The number of rotatable bonds is 3. The second-order valence-electron chi connectivity index (χ2n) is 4.20. The van der Waals surface area contributed by atoms with E-state index >= 15 is 0 Å². The lowest BCUT2D eigenvalue weighted by Gasteiger charge is -2.35. The normalized spacial score (nSPS) is 20.9. The monoisotopic (exact) mass is 220 g/mol. The van der Waals surface area contributed by atoms with Crippen molar-refractivity contribution in [1.82, 2.24) is 5.32 Å². The van der Waals surface area contributed by atoms with Gasteiger partial charge in [0.2, 0.25) is 0 Å². The van der Waals surface area contributed by atoms with Crippen LogP contribution in [0.5, 0.6) is 5.75 Å². The molecule has 0 aliphatic carbocycles. The van der Waals surface area contributed by atoms with Crippen LogP contribution in [0, 0.1) is 0 Å². The van der Waals surface area contributed by atoms with Crippen LogP contribution in [-0.2, 0) is 0 Å². The molecule has 0 saturated carbocycles. The highest BCUT2D eigenvalue weighted by molar-refractivity contribution is 5.49. The third-order valence-corrected chi connectivity index (χ3v) is 3.19. The van der Waals surface area contributed by atoms with Gasteiger partial charge < -0.3 is 15.0 Å². The maximum Gasteiger partial charge on any atom is 0.119 e. The van der Waals surface area contributed by atoms with Crippen LogP contribution >= 0.6 is 0 Å². The maximum absolute atomic E-state index is 5.17. The van der Waals surface area contributed by atoms with Gasteiger partial charge in [0.15, 0.2) is 0 Å². The Bertz CT molecular complexity index is 323. The third-order valence-electron chi connectivity index (χ3n) is 3.19. The fourth-order valence-corrected chi connectivity index (χ4v) is 2.13. The highest BCUT2D eigenvalue weighted by atomic mass is 16.5. The van der Waals surface area contributed by atoms with Crippen molar-refractivity contribution in [2.45, 2.75) is 19.4 Å². The summed E-state index contributed by atoms with van der Waals surface area (Å²) in [5, 5.41) is 3.52. The fourth-order valence-electron chi connectivity index (χ4n) is 2.13. The van der Waals surface area contributed by atoms with Crippen LogP contribution < -0.4 is 15.0 Å². The Labute approximate surface area is 97.4 Å². The van der Waals surface area contributed by atoms with Gasteiger partial charge in [-0.1, -0.05) is 6.92 Å². The van der Waals surface area contributed by atoms with Gasteiger partial charge in [0.05, 0.1) is 7.11 Å². The Morgan fingerprint density at radius 2 is 2.12 bits per heavy atom. The molecule has 88 valence electrons. The van der Waals surface area contributed by atoms with Gasteiger partial charge in [0.25, 0.3) is 0 Å². The van der Waals surface area contributed by atoms with E-state index in [1.54, 1.807) is 7.11 Å². The summed E-state index contributed by atoms with van der Waals surface area (Å²) in [7, 11) is 1.70. The summed E-state index contributed by atoms with van der Waals surface area (Å²) < 4.78 is 5.17. The van der Waals surface area contributed by atoms with Crippen molar-refractivity contribution in [3.63, 3.8) is 0 Å². The second kappa shape index (κ2) is 5.21. The molecule has 3 nitrogen and oxygen atoms in total.